The summed E-state index contributed by atoms with van der Waals surface area (Å²) in [5.41, 5.74) is 1.00. The smallest absolute Gasteiger partial charge is 0.409 e. The molecule has 0 saturated heterocycles. The molecule has 2 aliphatic carbocycles. The Kier molecular flexibility index (Phi) is 4.65. The topological polar surface area (TPSA) is 47.6 Å². The fourth-order valence-corrected chi connectivity index (χ4v) is 3.18. The monoisotopic (exact) mass is 375 g/mol. The lowest BCUT2D eigenvalue weighted by molar-refractivity contribution is 0.105. The Morgan fingerprint density at radius 1 is 1.23 bits per heavy atom. The summed E-state index contributed by atoms with van der Waals surface area (Å²) in [6.07, 6.45) is 3.33. The first-order chi connectivity index (χ1) is 12.1. The Morgan fingerprint density at radius 2 is 1.88 bits per heavy atom. The summed E-state index contributed by atoms with van der Waals surface area (Å²) < 4.78 is 11.0. The van der Waals surface area contributed by atoms with Crippen molar-refractivity contribution in [2.24, 2.45) is 0 Å². The average molecular weight is 376 g/mol. The quantitative estimate of drug-likeness (QED) is 0.771. The molecule has 0 aliphatic heterocycles. The Bertz CT molecular complexity index is 790. The van der Waals surface area contributed by atoms with E-state index in [1.807, 2.05) is 32.9 Å². The van der Waals surface area contributed by atoms with Crippen molar-refractivity contribution >= 4 is 17.7 Å². The van der Waals surface area contributed by atoms with Gasteiger partial charge in [0.1, 0.15) is 5.75 Å². The number of benzene rings is 1. The number of carbonyl (C=O) groups is 1. The second kappa shape index (κ2) is 6.39. The lowest BCUT2D eigenvalue weighted by atomic mass is 9.96. The zero-order valence-corrected chi connectivity index (χ0v) is 16.8. The molecule has 5 heteroatoms. The Balaban J connectivity index is 1.82. The van der Waals surface area contributed by atoms with E-state index in [9.17, 15) is 4.79 Å². The van der Waals surface area contributed by atoms with Gasteiger partial charge in [-0.15, -0.1) is 0 Å². The lowest BCUT2D eigenvalue weighted by Crippen LogP contribution is -2.42. The number of methoxy groups -OCH3 is 1. The number of amides is 1. The minimum atomic E-state index is -0.691. The van der Waals surface area contributed by atoms with Gasteiger partial charge in [0.15, 0.2) is 5.60 Å². The van der Waals surface area contributed by atoms with Gasteiger partial charge >= 0.3 is 6.09 Å². The van der Waals surface area contributed by atoms with E-state index in [4.69, 9.17) is 21.1 Å². The van der Waals surface area contributed by atoms with Crippen LogP contribution in [-0.2, 0) is 10.2 Å². The molecule has 1 aromatic carbocycles. The van der Waals surface area contributed by atoms with Gasteiger partial charge in [0.05, 0.1) is 12.7 Å². The molecule has 2 saturated carbocycles. The molecule has 140 valence electrons. The highest BCUT2D eigenvalue weighted by atomic mass is 35.5. The van der Waals surface area contributed by atoms with Gasteiger partial charge in [0.2, 0.25) is 0 Å². The number of rotatable bonds is 3. The first-order valence-corrected chi connectivity index (χ1v) is 9.36. The maximum atomic E-state index is 12.0. The molecular formula is C21H26ClNO3. The van der Waals surface area contributed by atoms with Crippen molar-refractivity contribution in [1.82, 2.24) is 5.32 Å². The molecule has 0 bridgehead atoms. The average Bonchev–Trinajstić information content (AvgIpc) is 3.43. The molecule has 0 aromatic heterocycles. The van der Waals surface area contributed by atoms with E-state index in [-0.39, 0.29) is 11.0 Å². The van der Waals surface area contributed by atoms with Crippen LogP contribution < -0.4 is 10.1 Å². The van der Waals surface area contributed by atoms with E-state index < -0.39 is 11.7 Å². The van der Waals surface area contributed by atoms with Gasteiger partial charge in [0.25, 0.3) is 0 Å². The van der Waals surface area contributed by atoms with Crippen LogP contribution in [0.4, 0.5) is 4.79 Å². The van der Waals surface area contributed by atoms with Gasteiger partial charge < -0.3 is 14.8 Å². The molecule has 1 aromatic rings. The number of hydrogen-bond acceptors (Lipinski definition) is 3. The largest absolute Gasteiger partial charge is 0.495 e. The zero-order valence-electron chi connectivity index (χ0n) is 16.1. The predicted octanol–water partition coefficient (Wildman–Crippen LogP) is 4.81. The second-order valence-corrected chi connectivity index (χ2v) is 9.01. The van der Waals surface area contributed by atoms with Crippen LogP contribution in [0, 0.1) is 11.8 Å². The highest BCUT2D eigenvalue weighted by Gasteiger charge is 2.46. The minimum absolute atomic E-state index is 0.139. The number of nitrogens with one attached hydrogen (secondary N) is 1. The Labute approximate surface area is 160 Å². The predicted molar refractivity (Wildman–Crippen MR) is 103 cm³/mol. The van der Waals surface area contributed by atoms with Crippen LogP contribution in [-0.4, -0.2) is 24.3 Å². The van der Waals surface area contributed by atoms with Gasteiger partial charge in [-0.25, -0.2) is 4.79 Å². The van der Waals surface area contributed by atoms with E-state index >= 15 is 0 Å². The summed E-state index contributed by atoms with van der Waals surface area (Å²) in [5.74, 6) is 6.95. The highest BCUT2D eigenvalue weighted by Crippen LogP contribution is 2.51. The van der Waals surface area contributed by atoms with Gasteiger partial charge in [-0.1, -0.05) is 24.4 Å². The van der Waals surface area contributed by atoms with Gasteiger partial charge in [0, 0.05) is 29.5 Å². The van der Waals surface area contributed by atoms with E-state index in [0.717, 1.165) is 36.8 Å². The summed E-state index contributed by atoms with van der Waals surface area (Å²) in [6.45, 7) is 7.95. The van der Waals surface area contributed by atoms with Crippen LogP contribution in [0.5, 0.6) is 5.75 Å². The van der Waals surface area contributed by atoms with Gasteiger partial charge in [-0.3, -0.25) is 0 Å². The van der Waals surface area contributed by atoms with Crippen LogP contribution >= 0.6 is 11.6 Å². The summed E-state index contributed by atoms with van der Waals surface area (Å²) in [4.78, 5) is 12.0. The Morgan fingerprint density at radius 3 is 2.38 bits per heavy atom. The van der Waals surface area contributed by atoms with E-state index in [2.05, 4.69) is 24.1 Å². The van der Waals surface area contributed by atoms with E-state index in [1.165, 1.54) is 0 Å². The normalized spacial score (nSPS) is 19.0. The third kappa shape index (κ3) is 4.27. The van der Waals surface area contributed by atoms with E-state index in [1.54, 1.807) is 7.11 Å². The maximum Gasteiger partial charge on any atom is 0.409 e. The third-order valence-corrected chi connectivity index (χ3v) is 5.15. The molecule has 4 nitrogen and oxygen atoms in total. The Hall–Kier alpha value is -1.86. The molecule has 1 amide bonds. The lowest BCUT2D eigenvalue weighted by Gasteiger charge is -2.21. The molecule has 0 heterocycles. The zero-order chi connectivity index (χ0) is 19.2. The number of carbonyl (C=O) groups excluding carboxylic acids is 1. The number of alkyl carbamates (subject to hydrolysis) is 1. The molecule has 26 heavy (non-hydrogen) atoms. The maximum absolute atomic E-state index is 12.0. The molecule has 0 radical (unpaired) electrons. The van der Waals surface area contributed by atoms with Crippen LogP contribution in [0.1, 0.15) is 64.5 Å². The molecule has 2 fully saturated rings. The molecular weight excluding hydrogens is 350 g/mol. The number of ether oxygens (including phenoxy) is 2. The van der Waals surface area contributed by atoms with Crippen molar-refractivity contribution in [1.29, 1.82) is 0 Å². The van der Waals surface area contributed by atoms with Crippen LogP contribution in [0.15, 0.2) is 12.1 Å². The molecule has 2 aliphatic rings. The van der Waals surface area contributed by atoms with Crippen molar-refractivity contribution in [3.63, 3.8) is 0 Å². The van der Waals surface area contributed by atoms with Crippen molar-refractivity contribution < 1.29 is 14.3 Å². The molecule has 0 unspecified atom stereocenters. The standard InChI is InChI=1S/C21H26ClNO3/c1-19(2,3)23-18(24)26-21(10-11-21)7-6-14-12-15(20(4)8-9-20)16(22)13-17(14)25-5/h12-13H,8-11H2,1-5H3,(H,23,24). The number of halogens is 1. The van der Waals surface area contributed by atoms with Crippen molar-refractivity contribution in [3.8, 4) is 17.6 Å². The molecule has 0 atom stereocenters. The summed E-state index contributed by atoms with van der Waals surface area (Å²) in [7, 11) is 1.61. The van der Waals surface area contributed by atoms with Crippen molar-refractivity contribution in [2.75, 3.05) is 7.11 Å². The summed E-state index contributed by atoms with van der Waals surface area (Å²) in [6, 6.07) is 3.85. The molecule has 3 rings (SSSR count). The van der Waals surface area contributed by atoms with Crippen LogP contribution in [0.3, 0.4) is 0 Å². The molecule has 0 spiro atoms. The number of hydrogen-bond donors (Lipinski definition) is 1. The van der Waals surface area contributed by atoms with Gasteiger partial charge in [-0.2, -0.15) is 0 Å². The third-order valence-electron chi connectivity index (χ3n) is 4.83. The highest BCUT2D eigenvalue weighted by molar-refractivity contribution is 6.31. The summed E-state index contributed by atoms with van der Waals surface area (Å²) in [5, 5.41) is 3.53. The first-order valence-electron chi connectivity index (χ1n) is 8.98. The fourth-order valence-electron chi connectivity index (χ4n) is 2.80. The minimum Gasteiger partial charge on any atom is -0.495 e. The van der Waals surface area contributed by atoms with Crippen molar-refractivity contribution in [3.05, 3.63) is 28.3 Å². The molecule has 1 N–H and O–H groups in total. The van der Waals surface area contributed by atoms with Crippen molar-refractivity contribution in [2.45, 2.75) is 69.9 Å². The van der Waals surface area contributed by atoms with Crippen LogP contribution in [0.2, 0.25) is 5.02 Å². The van der Waals surface area contributed by atoms with Gasteiger partial charge in [-0.05, 0) is 56.6 Å². The van der Waals surface area contributed by atoms with E-state index in [0.29, 0.717) is 10.8 Å². The SMILES string of the molecule is COc1cc(Cl)c(C2(C)CC2)cc1C#CC1(OC(=O)NC(C)(C)C)CC1. The fraction of sp³-hybridized carbons (Fsp3) is 0.571. The summed E-state index contributed by atoms with van der Waals surface area (Å²) >= 11 is 6.43. The van der Waals surface area contributed by atoms with Crippen LogP contribution in [0.25, 0.3) is 0 Å². The second-order valence-electron chi connectivity index (χ2n) is 8.60. The first kappa shape index (κ1) is 18.9.